The topological polar surface area (TPSA) is 52.0 Å². The molecule has 2 N–H and O–H groups in total. The predicted octanol–water partition coefficient (Wildman–Crippen LogP) is 2.69. The van der Waals surface area contributed by atoms with Gasteiger partial charge in [0.25, 0.3) is 0 Å². The van der Waals surface area contributed by atoms with Crippen LogP contribution in [0.3, 0.4) is 0 Å². The molecule has 0 radical (unpaired) electrons. The monoisotopic (exact) mass is 409 g/mol. The highest BCUT2D eigenvalue weighted by atomic mass is 16.5. The molecule has 2 aliphatic rings. The smallest absolute Gasteiger partial charge is 0.223 e. The molecule has 30 heavy (non-hydrogen) atoms. The number of benzene rings is 2. The summed E-state index contributed by atoms with van der Waals surface area (Å²) in [6.07, 6.45) is 5.39. The molecule has 5 nitrogen and oxygen atoms in total. The quantitative estimate of drug-likeness (QED) is 0.739. The third-order valence-corrected chi connectivity index (χ3v) is 6.71. The molecular formula is C25H33N2O3+. The molecule has 2 aromatic carbocycles. The van der Waals surface area contributed by atoms with Gasteiger partial charge in [-0.15, -0.1) is 0 Å². The maximum atomic E-state index is 12.7. The first-order valence-corrected chi connectivity index (χ1v) is 11.1. The van der Waals surface area contributed by atoms with Crippen LogP contribution in [0.25, 0.3) is 0 Å². The maximum absolute atomic E-state index is 12.7. The van der Waals surface area contributed by atoms with Crippen molar-refractivity contribution < 1.29 is 19.2 Å². The number of ether oxygens (including phenoxy) is 2. The molecule has 1 heterocycles. The van der Waals surface area contributed by atoms with E-state index in [0.717, 1.165) is 43.9 Å². The molecule has 4 rings (SSSR count). The zero-order chi connectivity index (χ0) is 20.9. The molecule has 1 saturated carbocycles. The summed E-state index contributed by atoms with van der Waals surface area (Å²) >= 11 is 0. The average Bonchev–Trinajstić information content (AvgIpc) is 3.33. The van der Waals surface area contributed by atoms with Crippen molar-refractivity contribution >= 4 is 5.91 Å². The Morgan fingerprint density at radius 3 is 2.47 bits per heavy atom. The standard InChI is InChI=1S/C25H32N2O3/c1-29-23-14-20-12-13-27(17-18-8-4-3-5-9-18)22(21(20)15-24(23)30-2)16-26-25(28)19-10-6-7-11-19/h3-5,8-9,14-15,19,22H,6-7,10-13,16-17H2,1-2H3,(H,26,28)/p+1/t22-/m1/s1. The van der Waals surface area contributed by atoms with E-state index in [4.69, 9.17) is 9.47 Å². The fourth-order valence-electron chi connectivity index (χ4n) is 5.03. The van der Waals surface area contributed by atoms with E-state index >= 15 is 0 Å². The van der Waals surface area contributed by atoms with Gasteiger partial charge in [0.2, 0.25) is 5.91 Å². The number of carbonyl (C=O) groups is 1. The molecule has 0 aromatic heterocycles. The van der Waals surface area contributed by atoms with E-state index in [-0.39, 0.29) is 17.9 Å². The lowest BCUT2D eigenvalue weighted by atomic mass is 9.91. The second-order valence-corrected chi connectivity index (χ2v) is 8.51. The minimum atomic E-state index is 0.191. The van der Waals surface area contributed by atoms with Gasteiger partial charge in [-0.2, -0.15) is 0 Å². The third kappa shape index (κ3) is 4.46. The van der Waals surface area contributed by atoms with Gasteiger partial charge in [-0.05, 0) is 30.5 Å². The minimum absolute atomic E-state index is 0.191. The van der Waals surface area contributed by atoms with Gasteiger partial charge in [-0.3, -0.25) is 4.79 Å². The number of carbonyl (C=O) groups excluding carboxylic acids is 1. The summed E-state index contributed by atoms with van der Waals surface area (Å²) in [5, 5.41) is 3.29. The zero-order valence-electron chi connectivity index (χ0n) is 18.1. The van der Waals surface area contributed by atoms with Crippen LogP contribution in [-0.2, 0) is 17.8 Å². The highest BCUT2D eigenvalue weighted by Crippen LogP contribution is 2.34. The molecular weight excluding hydrogens is 376 g/mol. The van der Waals surface area contributed by atoms with Gasteiger partial charge in [0.05, 0.1) is 27.3 Å². The van der Waals surface area contributed by atoms with Gasteiger partial charge in [0, 0.05) is 23.5 Å². The van der Waals surface area contributed by atoms with Crippen LogP contribution in [0.4, 0.5) is 0 Å². The largest absolute Gasteiger partial charge is 0.493 e. The van der Waals surface area contributed by atoms with Crippen molar-refractivity contribution in [3.8, 4) is 11.5 Å². The molecule has 5 heteroatoms. The van der Waals surface area contributed by atoms with Crippen molar-refractivity contribution in [2.75, 3.05) is 27.3 Å². The lowest BCUT2D eigenvalue weighted by Crippen LogP contribution is -3.12. The Bertz CT molecular complexity index is 862. The number of hydrogen-bond donors (Lipinski definition) is 2. The molecule has 2 atom stereocenters. The molecule has 0 bridgehead atoms. The van der Waals surface area contributed by atoms with Crippen LogP contribution >= 0.6 is 0 Å². The SMILES string of the molecule is COc1cc2c(cc1OC)[C@@H](CNC(=O)C1CCCC1)[NH+](Cc1ccccc1)CC2. The maximum Gasteiger partial charge on any atom is 0.223 e. The van der Waals surface area contributed by atoms with E-state index < -0.39 is 0 Å². The van der Waals surface area contributed by atoms with E-state index in [1.807, 2.05) is 0 Å². The molecule has 160 valence electrons. The number of amides is 1. The lowest BCUT2D eigenvalue weighted by molar-refractivity contribution is -0.945. The van der Waals surface area contributed by atoms with Crippen molar-refractivity contribution in [2.45, 2.75) is 44.7 Å². The zero-order valence-corrected chi connectivity index (χ0v) is 18.1. The van der Waals surface area contributed by atoms with Crippen LogP contribution < -0.4 is 19.7 Å². The molecule has 0 saturated heterocycles. The highest BCUT2D eigenvalue weighted by Gasteiger charge is 2.33. The van der Waals surface area contributed by atoms with Gasteiger partial charge >= 0.3 is 0 Å². The number of nitrogens with one attached hydrogen (secondary N) is 2. The van der Waals surface area contributed by atoms with Crippen molar-refractivity contribution in [3.05, 3.63) is 59.2 Å². The Hall–Kier alpha value is -2.53. The first kappa shape index (κ1) is 20.7. The second-order valence-electron chi connectivity index (χ2n) is 8.51. The van der Waals surface area contributed by atoms with Crippen LogP contribution in [0, 0.1) is 5.92 Å². The van der Waals surface area contributed by atoms with Gasteiger partial charge in [0.15, 0.2) is 11.5 Å². The van der Waals surface area contributed by atoms with Gasteiger partial charge in [0.1, 0.15) is 12.6 Å². The second kappa shape index (κ2) is 9.52. The van der Waals surface area contributed by atoms with Crippen molar-refractivity contribution in [1.82, 2.24) is 5.32 Å². The summed E-state index contributed by atoms with van der Waals surface area (Å²) in [6, 6.07) is 15.0. The van der Waals surface area contributed by atoms with E-state index in [1.54, 1.807) is 14.2 Å². The third-order valence-electron chi connectivity index (χ3n) is 6.71. The highest BCUT2D eigenvalue weighted by molar-refractivity contribution is 5.78. The summed E-state index contributed by atoms with van der Waals surface area (Å²) in [4.78, 5) is 14.2. The summed E-state index contributed by atoms with van der Waals surface area (Å²) in [6.45, 7) is 2.62. The number of fused-ring (bicyclic) bond motifs is 1. The number of quaternary nitrogens is 1. The van der Waals surface area contributed by atoms with Crippen LogP contribution in [0.5, 0.6) is 11.5 Å². The van der Waals surface area contributed by atoms with E-state index in [2.05, 4.69) is 47.8 Å². The first-order chi connectivity index (χ1) is 14.7. The number of methoxy groups -OCH3 is 2. The summed E-state index contributed by atoms with van der Waals surface area (Å²) in [5.41, 5.74) is 3.88. The Morgan fingerprint density at radius 2 is 1.77 bits per heavy atom. The van der Waals surface area contributed by atoms with Gasteiger partial charge in [-0.25, -0.2) is 0 Å². The summed E-state index contributed by atoms with van der Waals surface area (Å²) < 4.78 is 11.1. The summed E-state index contributed by atoms with van der Waals surface area (Å²) in [5.74, 6) is 1.94. The molecule has 1 amide bonds. The molecule has 1 aliphatic carbocycles. The summed E-state index contributed by atoms with van der Waals surface area (Å²) in [7, 11) is 3.36. The number of hydrogen-bond acceptors (Lipinski definition) is 3. The van der Waals surface area contributed by atoms with Gasteiger partial charge < -0.3 is 19.7 Å². The molecule has 0 spiro atoms. The fourth-order valence-corrected chi connectivity index (χ4v) is 5.03. The number of rotatable bonds is 7. The van der Waals surface area contributed by atoms with Crippen LogP contribution in [-0.4, -0.2) is 33.2 Å². The van der Waals surface area contributed by atoms with Crippen molar-refractivity contribution in [2.24, 2.45) is 5.92 Å². The fraction of sp³-hybridized carbons (Fsp3) is 0.480. The molecule has 1 unspecified atom stereocenters. The van der Waals surface area contributed by atoms with Crippen LogP contribution in [0.1, 0.15) is 48.4 Å². The molecule has 1 fully saturated rings. The average molecular weight is 410 g/mol. The van der Waals surface area contributed by atoms with Crippen molar-refractivity contribution in [3.63, 3.8) is 0 Å². The molecule has 1 aliphatic heterocycles. The normalized spacial score (nSPS) is 21.1. The lowest BCUT2D eigenvalue weighted by Gasteiger charge is -2.35. The Morgan fingerprint density at radius 1 is 1.07 bits per heavy atom. The van der Waals surface area contributed by atoms with E-state index in [9.17, 15) is 4.79 Å². The Kier molecular flexibility index (Phi) is 6.58. The first-order valence-electron chi connectivity index (χ1n) is 11.1. The van der Waals surface area contributed by atoms with Crippen LogP contribution in [0.15, 0.2) is 42.5 Å². The van der Waals surface area contributed by atoms with Crippen molar-refractivity contribution in [1.29, 1.82) is 0 Å². The van der Waals surface area contributed by atoms with E-state index in [0.29, 0.717) is 6.54 Å². The Balaban J connectivity index is 1.59. The minimum Gasteiger partial charge on any atom is -0.493 e. The van der Waals surface area contributed by atoms with Crippen LogP contribution in [0.2, 0.25) is 0 Å². The van der Waals surface area contributed by atoms with Gasteiger partial charge in [-0.1, -0.05) is 43.2 Å². The molecule has 2 aromatic rings. The predicted molar refractivity (Wildman–Crippen MR) is 117 cm³/mol. The Labute approximate surface area is 179 Å². The van der Waals surface area contributed by atoms with E-state index in [1.165, 1.54) is 34.4 Å².